The lowest BCUT2D eigenvalue weighted by atomic mass is 9.85. The molecular formula is C15H19ClFNO2. The van der Waals surface area contributed by atoms with E-state index in [9.17, 15) is 14.3 Å². The number of hydrogen-bond acceptors (Lipinski definition) is 2. The van der Waals surface area contributed by atoms with Crippen molar-refractivity contribution in [1.29, 1.82) is 0 Å². The third-order valence-corrected chi connectivity index (χ3v) is 4.37. The standard InChI is InChI=1S/C15H19ClFNO2/c1-15(10-14(19)20,18-7-3-2-4-8-18)12-6-5-11(17)9-13(12)16/h5-6,9H,2-4,7-8,10H2,1H3,(H,19,20). The third kappa shape index (κ3) is 3.13. The van der Waals surface area contributed by atoms with Gasteiger partial charge in [0.05, 0.1) is 12.0 Å². The van der Waals surface area contributed by atoms with Gasteiger partial charge in [-0.05, 0) is 50.6 Å². The minimum absolute atomic E-state index is 0.0433. The molecule has 0 aliphatic carbocycles. The van der Waals surface area contributed by atoms with Crippen molar-refractivity contribution in [3.8, 4) is 0 Å². The van der Waals surface area contributed by atoms with E-state index in [2.05, 4.69) is 4.90 Å². The maximum absolute atomic E-state index is 13.2. The Morgan fingerprint density at radius 1 is 1.40 bits per heavy atom. The fraction of sp³-hybridized carbons (Fsp3) is 0.533. The molecule has 1 heterocycles. The van der Waals surface area contributed by atoms with Crippen LogP contribution in [0.3, 0.4) is 0 Å². The first-order valence-electron chi connectivity index (χ1n) is 6.86. The number of likely N-dealkylation sites (tertiary alicyclic amines) is 1. The summed E-state index contributed by atoms with van der Waals surface area (Å²) in [5.41, 5.74) is -0.0123. The summed E-state index contributed by atoms with van der Waals surface area (Å²) >= 11 is 6.16. The van der Waals surface area contributed by atoms with Crippen LogP contribution >= 0.6 is 11.6 Å². The number of nitrogens with zero attached hydrogens (tertiary/aromatic N) is 1. The maximum atomic E-state index is 13.2. The largest absolute Gasteiger partial charge is 0.481 e. The van der Waals surface area contributed by atoms with Gasteiger partial charge in [0.15, 0.2) is 0 Å². The monoisotopic (exact) mass is 299 g/mol. The topological polar surface area (TPSA) is 40.5 Å². The summed E-state index contributed by atoms with van der Waals surface area (Å²) in [6, 6.07) is 4.20. The summed E-state index contributed by atoms with van der Waals surface area (Å²) in [4.78, 5) is 13.4. The van der Waals surface area contributed by atoms with Crippen LogP contribution in [-0.4, -0.2) is 29.1 Å². The second-order valence-electron chi connectivity index (χ2n) is 5.52. The molecule has 0 spiro atoms. The van der Waals surface area contributed by atoms with E-state index in [-0.39, 0.29) is 6.42 Å². The van der Waals surface area contributed by atoms with Crippen LogP contribution in [0.2, 0.25) is 5.02 Å². The zero-order valence-electron chi connectivity index (χ0n) is 11.5. The first-order chi connectivity index (χ1) is 9.43. The molecule has 1 aliphatic rings. The molecular weight excluding hydrogens is 281 g/mol. The molecule has 5 heteroatoms. The van der Waals surface area contributed by atoms with Crippen molar-refractivity contribution in [3.63, 3.8) is 0 Å². The van der Waals surface area contributed by atoms with E-state index < -0.39 is 17.3 Å². The lowest BCUT2D eigenvalue weighted by molar-refractivity contribution is -0.140. The number of benzene rings is 1. The Morgan fingerprint density at radius 2 is 2.05 bits per heavy atom. The van der Waals surface area contributed by atoms with Crippen LogP contribution in [0.15, 0.2) is 18.2 Å². The van der Waals surface area contributed by atoms with Gasteiger partial charge >= 0.3 is 5.97 Å². The molecule has 2 rings (SSSR count). The molecule has 0 bridgehead atoms. The summed E-state index contributed by atoms with van der Waals surface area (Å²) in [6.07, 6.45) is 3.22. The fourth-order valence-electron chi connectivity index (χ4n) is 2.99. The molecule has 110 valence electrons. The van der Waals surface area contributed by atoms with Crippen LogP contribution in [0.5, 0.6) is 0 Å². The summed E-state index contributed by atoms with van der Waals surface area (Å²) in [5, 5.41) is 9.53. The number of hydrogen-bond donors (Lipinski definition) is 1. The molecule has 1 atom stereocenters. The second kappa shape index (κ2) is 6.10. The number of piperidine rings is 1. The lowest BCUT2D eigenvalue weighted by Crippen LogP contribution is -2.48. The number of carboxylic acid groups (broad SMARTS) is 1. The first kappa shape index (κ1) is 15.3. The minimum atomic E-state index is -0.876. The molecule has 1 saturated heterocycles. The van der Waals surface area contributed by atoms with E-state index in [4.69, 9.17) is 11.6 Å². The Kier molecular flexibility index (Phi) is 4.66. The maximum Gasteiger partial charge on any atom is 0.305 e. The Hall–Kier alpha value is -1.13. The molecule has 1 N–H and O–H groups in total. The highest BCUT2D eigenvalue weighted by molar-refractivity contribution is 6.31. The summed E-state index contributed by atoms with van der Waals surface area (Å²) in [5.74, 6) is -1.28. The summed E-state index contributed by atoms with van der Waals surface area (Å²) < 4.78 is 13.2. The number of carboxylic acids is 1. The number of rotatable bonds is 4. The van der Waals surface area contributed by atoms with Crippen molar-refractivity contribution < 1.29 is 14.3 Å². The average molecular weight is 300 g/mol. The van der Waals surface area contributed by atoms with E-state index in [0.717, 1.165) is 32.4 Å². The highest BCUT2D eigenvalue weighted by Gasteiger charge is 2.38. The average Bonchev–Trinajstić information content (AvgIpc) is 2.38. The number of halogens is 2. The normalized spacial score (nSPS) is 19.6. The summed E-state index contributed by atoms with van der Waals surface area (Å²) in [6.45, 7) is 3.57. The van der Waals surface area contributed by atoms with Gasteiger partial charge in [0.1, 0.15) is 5.82 Å². The summed E-state index contributed by atoms with van der Waals surface area (Å²) in [7, 11) is 0. The predicted octanol–water partition coefficient (Wildman–Crippen LogP) is 3.65. The van der Waals surface area contributed by atoms with Gasteiger partial charge in [0.2, 0.25) is 0 Å². The molecule has 0 radical (unpaired) electrons. The van der Waals surface area contributed by atoms with E-state index in [1.54, 1.807) is 6.07 Å². The van der Waals surface area contributed by atoms with Crippen LogP contribution in [0, 0.1) is 5.82 Å². The molecule has 0 amide bonds. The Bertz CT molecular complexity index is 503. The van der Waals surface area contributed by atoms with E-state index in [1.165, 1.54) is 12.1 Å². The third-order valence-electron chi connectivity index (χ3n) is 4.06. The Morgan fingerprint density at radius 3 is 2.60 bits per heavy atom. The van der Waals surface area contributed by atoms with Gasteiger partial charge in [0, 0.05) is 5.02 Å². The fourth-order valence-corrected chi connectivity index (χ4v) is 3.36. The van der Waals surface area contributed by atoms with Gasteiger partial charge in [-0.3, -0.25) is 9.69 Å². The first-order valence-corrected chi connectivity index (χ1v) is 7.23. The smallest absolute Gasteiger partial charge is 0.305 e. The Labute approximate surface area is 123 Å². The van der Waals surface area contributed by atoms with E-state index in [1.807, 2.05) is 6.92 Å². The zero-order valence-corrected chi connectivity index (χ0v) is 12.3. The lowest BCUT2D eigenvalue weighted by Gasteiger charge is -2.43. The highest BCUT2D eigenvalue weighted by atomic mass is 35.5. The minimum Gasteiger partial charge on any atom is -0.481 e. The number of aliphatic carboxylic acids is 1. The van der Waals surface area contributed by atoms with Crippen molar-refractivity contribution in [3.05, 3.63) is 34.6 Å². The number of carbonyl (C=O) groups is 1. The van der Waals surface area contributed by atoms with Crippen molar-refractivity contribution in [2.45, 2.75) is 38.1 Å². The molecule has 0 saturated carbocycles. The molecule has 1 aliphatic heterocycles. The van der Waals surface area contributed by atoms with Crippen LogP contribution in [0.4, 0.5) is 4.39 Å². The van der Waals surface area contributed by atoms with Crippen molar-refractivity contribution in [2.24, 2.45) is 0 Å². The molecule has 20 heavy (non-hydrogen) atoms. The van der Waals surface area contributed by atoms with Gasteiger partial charge in [-0.15, -0.1) is 0 Å². The molecule has 3 nitrogen and oxygen atoms in total. The predicted molar refractivity (Wildman–Crippen MR) is 76.4 cm³/mol. The quantitative estimate of drug-likeness (QED) is 0.922. The van der Waals surface area contributed by atoms with Gasteiger partial charge in [0.25, 0.3) is 0 Å². The van der Waals surface area contributed by atoms with Gasteiger partial charge in [-0.25, -0.2) is 4.39 Å². The molecule has 1 aromatic carbocycles. The molecule has 1 fully saturated rings. The van der Waals surface area contributed by atoms with Gasteiger partial charge < -0.3 is 5.11 Å². The Balaban J connectivity index is 2.41. The SMILES string of the molecule is CC(CC(=O)O)(c1ccc(F)cc1Cl)N1CCCCC1. The molecule has 1 aromatic rings. The second-order valence-corrected chi connectivity index (χ2v) is 5.92. The van der Waals surface area contributed by atoms with Crippen molar-refractivity contribution in [2.75, 3.05) is 13.1 Å². The zero-order chi connectivity index (χ0) is 14.8. The van der Waals surface area contributed by atoms with Crippen LogP contribution in [0.1, 0.15) is 38.2 Å². The van der Waals surface area contributed by atoms with E-state index in [0.29, 0.717) is 10.6 Å². The van der Waals surface area contributed by atoms with Crippen LogP contribution < -0.4 is 0 Å². The van der Waals surface area contributed by atoms with Crippen LogP contribution in [0.25, 0.3) is 0 Å². The van der Waals surface area contributed by atoms with E-state index >= 15 is 0 Å². The van der Waals surface area contributed by atoms with Crippen molar-refractivity contribution >= 4 is 17.6 Å². The van der Waals surface area contributed by atoms with Crippen LogP contribution in [-0.2, 0) is 10.3 Å². The molecule has 1 unspecified atom stereocenters. The highest BCUT2D eigenvalue weighted by Crippen LogP contribution is 2.38. The molecule has 0 aromatic heterocycles. The van der Waals surface area contributed by atoms with Crippen molar-refractivity contribution in [1.82, 2.24) is 4.90 Å². The van der Waals surface area contributed by atoms with Gasteiger partial charge in [-0.2, -0.15) is 0 Å². The van der Waals surface area contributed by atoms with Gasteiger partial charge in [-0.1, -0.05) is 24.1 Å².